The van der Waals surface area contributed by atoms with Gasteiger partial charge in [-0.25, -0.2) is 9.89 Å². The number of hydrogen-bond donors (Lipinski definition) is 1. The molecule has 1 N–H and O–H groups in total. The Balaban J connectivity index is 2.74. The molecule has 0 aliphatic heterocycles. The van der Waals surface area contributed by atoms with Gasteiger partial charge in [0.05, 0.1) is 6.26 Å². The number of nitrogens with zero attached hydrogens (tertiary/aromatic N) is 2. The maximum atomic E-state index is 11.5. The van der Waals surface area contributed by atoms with Crippen molar-refractivity contribution >= 4 is 0 Å². The van der Waals surface area contributed by atoms with Gasteiger partial charge in [0, 0.05) is 7.05 Å². The van der Waals surface area contributed by atoms with Crippen LogP contribution in [0, 0.1) is 0 Å². The second kappa shape index (κ2) is 2.99. The molecule has 14 heavy (non-hydrogen) atoms. The van der Waals surface area contributed by atoms with E-state index < -0.39 is 11.2 Å². The standard InChI is InChI=1S/C8H7N3O3/c1-11-7(12)6(9-10-8(11)13)5-3-2-4-14-5/h2-4H,1H3,(H,10,13). The van der Waals surface area contributed by atoms with Crippen molar-refractivity contribution in [3.05, 3.63) is 39.2 Å². The molecule has 0 atom stereocenters. The Bertz CT molecular complexity index is 550. The minimum atomic E-state index is -0.551. The van der Waals surface area contributed by atoms with Gasteiger partial charge in [-0.2, -0.15) is 5.10 Å². The zero-order chi connectivity index (χ0) is 10.1. The fraction of sp³-hybridized carbons (Fsp3) is 0.125. The lowest BCUT2D eigenvalue weighted by atomic mass is 10.3. The first-order valence-corrected chi connectivity index (χ1v) is 3.90. The number of nitrogens with one attached hydrogen (secondary N) is 1. The van der Waals surface area contributed by atoms with Crippen LogP contribution in [0.25, 0.3) is 11.5 Å². The maximum Gasteiger partial charge on any atom is 0.344 e. The van der Waals surface area contributed by atoms with Crippen LogP contribution in [0.4, 0.5) is 0 Å². The molecular formula is C8H7N3O3. The lowest BCUT2D eigenvalue weighted by molar-refractivity contribution is 0.573. The van der Waals surface area contributed by atoms with Crippen molar-refractivity contribution in [2.45, 2.75) is 0 Å². The van der Waals surface area contributed by atoms with E-state index in [1.165, 1.54) is 13.3 Å². The summed E-state index contributed by atoms with van der Waals surface area (Å²) in [5.74, 6) is 0.335. The van der Waals surface area contributed by atoms with Crippen molar-refractivity contribution in [1.29, 1.82) is 0 Å². The maximum absolute atomic E-state index is 11.5. The first-order chi connectivity index (χ1) is 6.70. The molecule has 72 valence electrons. The van der Waals surface area contributed by atoms with E-state index in [2.05, 4.69) is 10.2 Å². The topological polar surface area (TPSA) is 80.9 Å². The van der Waals surface area contributed by atoms with Crippen LogP contribution >= 0.6 is 0 Å². The average molecular weight is 193 g/mol. The molecule has 2 rings (SSSR count). The zero-order valence-electron chi connectivity index (χ0n) is 7.35. The molecule has 0 amide bonds. The molecule has 2 aromatic rings. The summed E-state index contributed by atoms with van der Waals surface area (Å²) in [7, 11) is 1.37. The molecule has 2 heterocycles. The second-order valence-corrected chi connectivity index (χ2v) is 2.72. The van der Waals surface area contributed by atoms with Crippen LogP contribution in [-0.4, -0.2) is 14.8 Å². The lowest BCUT2D eigenvalue weighted by Crippen LogP contribution is -2.34. The van der Waals surface area contributed by atoms with Crippen LogP contribution in [0.5, 0.6) is 0 Å². The number of H-pyrrole nitrogens is 1. The van der Waals surface area contributed by atoms with Crippen LogP contribution < -0.4 is 11.2 Å². The second-order valence-electron chi connectivity index (χ2n) is 2.72. The van der Waals surface area contributed by atoms with Crippen LogP contribution in [0.3, 0.4) is 0 Å². The molecule has 6 nitrogen and oxygen atoms in total. The quantitative estimate of drug-likeness (QED) is 0.675. The van der Waals surface area contributed by atoms with Crippen molar-refractivity contribution in [3.8, 4) is 11.5 Å². The van der Waals surface area contributed by atoms with Gasteiger partial charge < -0.3 is 4.42 Å². The number of hydrogen-bond acceptors (Lipinski definition) is 4. The summed E-state index contributed by atoms with van der Waals surface area (Å²) in [5, 5.41) is 5.81. The lowest BCUT2D eigenvalue weighted by Gasteiger charge is -1.97. The third-order valence-electron chi connectivity index (χ3n) is 1.83. The SMILES string of the molecule is Cn1c(=O)[nH]nc(-c2ccco2)c1=O. The molecule has 0 saturated heterocycles. The number of rotatable bonds is 1. The van der Waals surface area contributed by atoms with E-state index in [9.17, 15) is 9.59 Å². The highest BCUT2D eigenvalue weighted by Crippen LogP contribution is 2.10. The molecule has 0 aromatic carbocycles. The van der Waals surface area contributed by atoms with Gasteiger partial charge in [-0.1, -0.05) is 0 Å². The summed E-state index contributed by atoms with van der Waals surface area (Å²) in [4.78, 5) is 22.5. The van der Waals surface area contributed by atoms with Crippen molar-refractivity contribution in [3.63, 3.8) is 0 Å². The predicted octanol–water partition coefficient (Wildman–Crippen LogP) is -0.271. The zero-order valence-corrected chi connectivity index (χ0v) is 7.35. The minimum Gasteiger partial charge on any atom is -0.462 e. The van der Waals surface area contributed by atoms with E-state index in [-0.39, 0.29) is 5.69 Å². The molecule has 2 aromatic heterocycles. The molecule has 0 fully saturated rings. The Morgan fingerprint density at radius 1 is 1.50 bits per heavy atom. The van der Waals surface area contributed by atoms with Crippen LogP contribution in [0.2, 0.25) is 0 Å². The Morgan fingerprint density at radius 2 is 2.29 bits per heavy atom. The Morgan fingerprint density at radius 3 is 2.93 bits per heavy atom. The number of furan rings is 1. The molecule has 0 unspecified atom stereocenters. The fourth-order valence-corrected chi connectivity index (χ4v) is 1.05. The van der Waals surface area contributed by atoms with E-state index in [1.807, 2.05) is 0 Å². The average Bonchev–Trinajstić information content (AvgIpc) is 2.67. The highest BCUT2D eigenvalue weighted by atomic mass is 16.3. The summed E-state index contributed by atoms with van der Waals surface area (Å²) in [6.07, 6.45) is 1.43. The third-order valence-corrected chi connectivity index (χ3v) is 1.83. The van der Waals surface area contributed by atoms with Crippen molar-refractivity contribution in [1.82, 2.24) is 14.8 Å². The van der Waals surface area contributed by atoms with E-state index in [4.69, 9.17) is 4.42 Å². The summed E-state index contributed by atoms with van der Waals surface area (Å²) in [6, 6.07) is 3.24. The van der Waals surface area contributed by atoms with Crippen molar-refractivity contribution in [2.75, 3.05) is 0 Å². The monoisotopic (exact) mass is 193 g/mol. The third kappa shape index (κ3) is 1.17. The molecular weight excluding hydrogens is 186 g/mol. The number of aromatic amines is 1. The van der Waals surface area contributed by atoms with Gasteiger partial charge >= 0.3 is 5.69 Å². The predicted molar refractivity (Wildman–Crippen MR) is 47.8 cm³/mol. The highest BCUT2D eigenvalue weighted by Gasteiger charge is 2.10. The van der Waals surface area contributed by atoms with Crippen molar-refractivity contribution < 1.29 is 4.42 Å². The van der Waals surface area contributed by atoms with Crippen LogP contribution in [0.1, 0.15) is 0 Å². The van der Waals surface area contributed by atoms with E-state index in [0.717, 1.165) is 4.57 Å². The van der Waals surface area contributed by atoms with Gasteiger partial charge in [0.15, 0.2) is 11.5 Å². The van der Waals surface area contributed by atoms with Gasteiger partial charge in [-0.15, -0.1) is 0 Å². The molecule has 0 aliphatic carbocycles. The Labute approximate surface area is 77.8 Å². The highest BCUT2D eigenvalue weighted by molar-refractivity contribution is 5.48. The van der Waals surface area contributed by atoms with E-state index in [1.54, 1.807) is 12.1 Å². The first kappa shape index (κ1) is 8.49. The molecule has 0 spiro atoms. The molecule has 0 radical (unpaired) electrons. The van der Waals surface area contributed by atoms with Crippen LogP contribution in [0.15, 0.2) is 32.4 Å². The molecule has 0 saturated carbocycles. The van der Waals surface area contributed by atoms with Gasteiger partial charge in [0.25, 0.3) is 5.56 Å². The Hall–Kier alpha value is -2.11. The Kier molecular flexibility index (Phi) is 1.81. The van der Waals surface area contributed by atoms with E-state index in [0.29, 0.717) is 5.76 Å². The van der Waals surface area contributed by atoms with Crippen LogP contribution in [-0.2, 0) is 7.05 Å². The normalized spacial score (nSPS) is 10.4. The molecule has 0 aliphatic rings. The minimum absolute atomic E-state index is 0.0945. The summed E-state index contributed by atoms with van der Waals surface area (Å²) in [6.45, 7) is 0. The summed E-state index contributed by atoms with van der Waals surface area (Å²) in [5.41, 5.74) is -0.939. The van der Waals surface area contributed by atoms with Gasteiger partial charge in [0.2, 0.25) is 0 Å². The van der Waals surface area contributed by atoms with E-state index >= 15 is 0 Å². The number of aromatic nitrogens is 3. The van der Waals surface area contributed by atoms with Gasteiger partial charge in [0.1, 0.15) is 0 Å². The van der Waals surface area contributed by atoms with Gasteiger partial charge in [-0.05, 0) is 12.1 Å². The fourth-order valence-electron chi connectivity index (χ4n) is 1.05. The summed E-state index contributed by atoms with van der Waals surface area (Å²) < 4.78 is 5.93. The van der Waals surface area contributed by atoms with Crippen molar-refractivity contribution in [2.24, 2.45) is 7.05 Å². The first-order valence-electron chi connectivity index (χ1n) is 3.90. The smallest absolute Gasteiger partial charge is 0.344 e. The van der Waals surface area contributed by atoms with Gasteiger partial charge in [-0.3, -0.25) is 9.36 Å². The largest absolute Gasteiger partial charge is 0.462 e. The molecule has 0 bridgehead atoms. The molecule has 6 heteroatoms. The summed E-state index contributed by atoms with van der Waals surface area (Å²) >= 11 is 0.